The molecule has 35 heavy (non-hydrogen) atoms. The van der Waals surface area contributed by atoms with E-state index < -0.39 is 17.9 Å². The van der Waals surface area contributed by atoms with Gasteiger partial charge in [-0.3, -0.25) is 9.78 Å². The maximum atomic E-state index is 13.2. The number of carboxylic acid groups (broad SMARTS) is 1. The second-order valence-corrected chi connectivity index (χ2v) is 8.70. The van der Waals surface area contributed by atoms with Crippen molar-refractivity contribution in [2.45, 2.75) is 19.4 Å². The molecule has 1 heterocycles. The third kappa shape index (κ3) is 7.70. The van der Waals surface area contributed by atoms with E-state index in [2.05, 4.69) is 10.3 Å². The Hall–Kier alpha value is -2.58. The average molecular weight is 501 g/mol. The van der Waals surface area contributed by atoms with Crippen LogP contribution in [0.3, 0.4) is 0 Å². The number of nitrogens with one attached hydrogen (secondary N) is 1. The molecule has 0 bridgehead atoms. The Bertz CT molecular complexity index is 1200. The number of amides is 1. The number of thioether (sulfide) groups is 1. The van der Waals surface area contributed by atoms with E-state index in [1.807, 2.05) is 61.7 Å². The maximum absolute atomic E-state index is 13.2. The molecule has 0 fully saturated rings. The van der Waals surface area contributed by atoms with Crippen LogP contribution in [0.25, 0.3) is 23.3 Å². The summed E-state index contributed by atoms with van der Waals surface area (Å²) in [5.41, 5.74) is 4.83. The zero-order valence-electron chi connectivity index (χ0n) is 19.4. The molecule has 3 aromatic rings. The van der Waals surface area contributed by atoms with Crippen LogP contribution >= 0.6 is 11.8 Å². The van der Waals surface area contributed by atoms with Crippen LogP contribution in [0.1, 0.15) is 33.5 Å². The summed E-state index contributed by atoms with van der Waals surface area (Å²) in [6.07, 6.45) is 9.50. The monoisotopic (exact) mass is 500 g/mol. The number of pyridine rings is 1. The first-order valence-electron chi connectivity index (χ1n) is 10.8. The molecule has 2 aromatic carbocycles. The van der Waals surface area contributed by atoms with Crippen molar-refractivity contribution >= 4 is 65.3 Å². The summed E-state index contributed by atoms with van der Waals surface area (Å²) >= 11 is 1.54. The van der Waals surface area contributed by atoms with Gasteiger partial charge in [0.2, 0.25) is 0 Å². The number of methoxy groups -OCH3 is 1. The zero-order chi connectivity index (χ0) is 24.5. The summed E-state index contributed by atoms with van der Waals surface area (Å²) in [6, 6.07) is 14.2. The van der Waals surface area contributed by atoms with E-state index in [0.29, 0.717) is 23.5 Å². The molecule has 0 spiro atoms. The van der Waals surface area contributed by atoms with Gasteiger partial charge in [0.15, 0.2) is 0 Å². The van der Waals surface area contributed by atoms with E-state index >= 15 is 0 Å². The Kier molecular flexibility index (Phi) is 11.5. The molecule has 178 valence electrons. The second kappa shape index (κ2) is 14.1. The van der Waals surface area contributed by atoms with Gasteiger partial charge in [0.1, 0.15) is 11.8 Å². The number of ether oxygens (including phenoxy) is 1. The normalized spacial score (nSPS) is 11.5. The summed E-state index contributed by atoms with van der Waals surface area (Å²) in [7, 11) is 1.61. The van der Waals surface area contributed by atoms with Crippen molar-refractivity contribution in [1.29, 1.82) is 0 Å². The molecule has 8 heteroatoms. The minimum atomic E-state index is -1.04. The number of carbonyl (C=O) groups is 2. The number of aliphatic carboxylic acids is 1. The SMILES string of the molecule is COc1ccncc1C=Cc1ccc(C(=O)N[C@@H](CCSC)C(=O)O)c(-c2ccccc2C)c1.[NaH]. The summed E-state index contributed by atoms with van der Waals surface area (Å²) in [6.45, 7) is 1.98. The average Bonchev–Trinajstić information content (AvgIpc) is 2.85. The van der Waals surface area contributed by atoms with Gasteiger partial charge in [-0.2, -0.15) is 11.8 Å². The van der Waals surface area contributed by atoms with E-state index in [1.165, 1.54) is 0 Å². The number of carbonyl (C=O) groups excluding carboxylic acids is 1. The molecule has 0 aliphatic heterocycles. The molecule has 2 N–H and O–H groups in total. The molecule has 0 radical (unpaired) electrons. The zero-order valence-corrected chi connectivity index (χ0v) is 20.3. The fraction of sp³-hybridized carbons (Fsp3) is 0.222. The number of carboxylic acids is 1. The number of aryl methyl sites for hydroxylation is 1. The topological polar surface area (TPSA) is 88.5 Å². The van der Waals surface area contributed by atoms with E-state index in [0.717, 1.165) is 27.8 Å². The number of nitrogens with zero attached hydrogens (tertiary/aromatic N) is 1. The van der Waals surface area contributed by atoms with Gasteiger partial charge in [-0.25, -0.2) is 4.79 Å². The molecule has 6 nitrogen and oxygen atoms in total. The number of rotatable bonds is 10. The van der Waals surface area contributed by atoms with Crippen LogP contribution in [0.4, 0.5) is 0 Å². The summed E-state index contributed by atoms with van der Waals surface area (Å²) < 4.78 is 5.38. The van der Waals surface area contributed by atoms with Gasteiger partial charge < -0.3 is 15.2 Å². The fourth-order valence-corrected chi connectivity index (χ4v) is 4.05. The van der Waals surface area contributed by atoms with Crippen LogP contribution in [0.2, 0.25) is 0 Å². The summed E-state index contributed by atoms with van der Waals surface area (Å²) in [5, 5.41) is 12.2. The van der Waals surface area contributed by atoms with Crippen molar-refractivity contribution in [3.05, 3.63) is 83.2 Å². The molecule has 0 saturated heterocycles. The van der Waals surface area contributed by atoms with Crippen molar-refractivity contribution < 1.29 is 19.4 Å². The molecule has 0 saturated carbocycles. The predicted molar refractivity (Wildman–Crippen MR) is 145 cm³/mol. The van der Waals surface area contributed by atoms with Gasteiger partial charge in [-0.15, -0.1) is 0 Å². The number of hydrogen-bond acceptors (Lipinski definition) is 5. The van der Waals surface area contributed by atoms with Crippen molar-refractivity contribution in [3.8, 4) is 16.9 Å². The Morgan fingerprint density at radius 2 is 1.91 bits per heavy atom. The van der Waals surface area contributed by atoms with Crippen LogP contribution in [0.5, 0.6) is 5.75 Å². The first-order chi connectivity index (χ1) is 16.4. The molecule has 0 unspecified atom stereocenters. The fourth-order valence-electron chi connectivity index (χ4n) is 3.58. The van der Waals surface area contributed by atoms with Crippen molar-refractivity contribution in [2.24, 2.45) is 0 Å². The van der Waals surface area contributed by atoms with Crippen LogP contribution in [-0.4, -0.2) is 76.7 Å². The van der Waals surface area contributed by atoms with Crippen LogP contribution in [-0.2, 0) is 4.79 Å². The van der Waals surface area contributed by atoms with E-state index in [1.54, 1.807) is 43.4 Å². The Morgan fingerprint density at radius 3 is 2.60 bits per heavy atom. The molecular weight excluding hydrogens is 471 g/mol. The Labute approximate surface area is 232 Å². The molecule has 1 atom stereocenters. The first-order valence-corrected chi connectivity index (χ1v) is 12.2. The van der Waals surface area contributed by atoms with Gasteiger partial charge in [0.25, 0.3) is 5.91 Å². The second-order valence-electron chi connectivity index (χ2n) is 7.72. The molecule has 0 aliphatic carbocycles. The van der Waals surface area contributed by atoms with E-state index in [9.17, 15) is 14.7 Å². The molecule has 3 rings (SSSR count). The number of hydrogen-bond donors (Lipinski definition) is 2. The van der Waals surface area contributed by atoms with Crippen molar-refractivity contribution in [2.75, 3.05) is 19.1 Å². The van der Waals surface area contributed by atoms with E-state index in [-0.39, 0.29) is 29.6 Å². The molecule has 1 aromatic heterocycles. The third-order valence-corrected chi connectivity index (χ3v) is 6.07. The van der Waals surface area contributed by atoms with Crippen molar-refractivity contribution in [3.63, 3.8) is 0 Å². The van der Waals surface area contributed by atoms with Gasteiger partial charge in [-0.05, 0) is 71.9 Å². The third-order valence-electron chi connectivity index (χ3n) is 5.42. The summed E-state index contributed by atoms with van der Waals surface area (Å²) in [5.74, 6) is -0.0870. The van der Waals surface area contributed by atoms with Crippen molar-refractivity contribution in [1.82, 2.24) is 10.3 Å². The van der Waals surface area contributed by atoms with E-state index in [4.69, 9.17) is 4.74 Å². The molecular formula is C27H29N2NaO4S. The number of aromatic nitrogens is 1. The predicted octanol–water partition coefficient (Wildman–Crippen LogP) is 4.52. The van der Waals surface area contributed by atoms with Gasteiger partial charge >= 0.3 is 35.5 Å². The van der Waals surface area contributed by atoms with Crippen LogP contribution in [0, 0.1) is 6.92 Å². The Morgan fingerprint density at radius 1 is 1.14 bits per heavy atom. The van der Waals surface area contributed by atoms with Crippen LogP contribution in [0.15, 0.2) is 60.9 Å². The molecule has 1 amide bonds. The first kappa shape index (κ1) is 28.7. The minimum absolute atomic E-state index is 0. The van der Waals surface area contributed by atoms with Crippen LogP contribution < -0.4 is 10.1 Å². The Balaban J connectivity index is 0.00000432. The van der Waals surface area contributed by atoms with Gasteiger partial charge in [0, 0.05) is 23.5 Å². The standard InChI is InChI=1S/C27H28N2O4S.Na.H/c1-18-6-4-5-7-21(18)23-16-19(8-10-20-17-28-14-12-25(20)33-2)9-11-22(23)26(30)29-24(27(31)32)13-15-34-3;;/h4-12,14,16-17,24H,13,15H2,1-3H3,(H,29,30)(H,31,32);;/t24-;;/m0../s1. The quantitative estimate of drug-likeness (QED) is 0.398. The summed E-state index contributed by atoms with van der Waals surface area (Å²) in [4.78, 5) is 29.0. The molecule has 0 aliphatic rings. The van der Waals surface area contributed by atoms with Gasteiger partial charge in [0.05, 0.1) is 7.11 Å². The number of benzene rings is 2. The van der Waals surface area contributed by atoms with Gasteiger partial charge in [-0.1, -0.05) is 36.4 Å².